The fourth-order valence-electron chi connectivity index (χ4n) is 1.99. The third-order valence-corrected chi connectivity index (χ3v) is 3.12. The number of unbranched alkanes of at least 4 members (excludes halogenated alkanes) is 1. The van der Waals surface area contributed by atoms with Crippen molar-refractivity contribution in [1.29, 1.82) is 0 Å². The van der Waals surface area contributed by atoms with Crippen molar-refractivity contribution in [1.82, 2.24) is 4.90 Å². The number of aliphatic carboxylic acids is 1. The second kappa shape index (κ2) is 8.70. The van der Waals surface area contributed by atoms with Gasteiger partial charge in [-0.25, -0.2) is 0 Å². The predicted octanol–water partition coefficient (Wildman–Crippen LogP) is 2.81. The van der Waals surface area contributed by atoms with Gasteiger partial charge in [-0.05, 0) is 37.9 Å². The Labute approximate surface area is 109 Å². The molecule has 0 unspecified atom stereocenters. The van der Waals surface area contributed by atoms with Crippen LogP contribution in [-0.2, 0) is 11.2 Å². The Hall–Kier alpha value is -1.35. The molecule has 0 radical (unpaired) electrons. The standard InChI is InChI=1S/C15H23NO2/c1-2-16(13-11-15(17)18)12-7-6-10-14-8-4-3-5-9-14/h3-5,8-9H,2,6-7,10-13H2,1H3,(H,17,18). The summed E-state index contributed by atoms with van der Waals surface area (Å²) in [7, 11) is 0. The Bertz CT molecular complexity index is 338. The van der Waals surface area contributed by atoms with Gasteiger partial charge in [0.05, 0.1) is 6.42 Å². The van der Waals surface area contributed by atoms with Gasteiger partial charge in [-0.2, -0.15) is 0 Å². The molecule has 1 rings (SSSR count). The minimum absolute atomic E-state index is 0.243. The van der Waals surface area contributed by atoms with E-state index in [2.05, 4.69) is 36.1 Å². The molecule has 0 aliphatic carbocycles. The molecule has 0 spiro atoms. The summed E-state index contributed by atoms with van der Waals surface area (Å²) in [5.41, 5.74) is 1.38. The molecular weight excluding hydrogens is 226 g/mol. The lowest BCUT2D eigenvalue weighted by Crippen LogP contribution is -2.27. The second-order valence-corrected chi connectivity index (χ2v) is 4.52. The lowest BCUT2D eigenvalue weighted by atomic mass is 10.1. The van der Waals surface area contributed by atoms with Crippen molar-refractivity contribution in [2.45, 2.75) is 32.6 Å². The first-order valence-electron chi connectivity index (χ1n) is 6.70. The summed E-state index contributed by atoms with van der Waals surface area (Å²) in [6, 6.07) is 10.5. The van der Waals surface area contributed by atoms with E-state index in [1.54, 1.807) is 0 Å². The van der Waals surface area contributed by atoms with Crippen LogP contribution in [0.1, 0.15) is 31.7 Å². The van der Waals surface area contributed by atoms with Gasteiger partial charge in [-0.15, -0.1) is 0 Å². The Morgan fingerprint density at radius 2 is 1.89 bits per heavy atom. The third kappa shape index (κ3) is 6.40. The molecule has 1 N–H and O–H groups in total. The smallest absolute Gasteiger partial charge is 0.304 e. The average Bonchev–Trinajstić information content (AvgIpc) is 2.39. The normalized spacial score (nSPS) is 10.8. The van der Waals surface area contributed by atoms with Crippen LogP contribution in [0.4, 0.5) is 0 Å². The molecule has 0 aromatic heterocycles. The van der Waals surface area contributed by atoms with E-state index in [4.69, 9.17) is 5.11 Å². The minimum atomic E-state index is -0.710. The number of hydrogen-bond donors (Lipinski definition) is 1. The van der Waals surface area contributed by atoms with Crippen molar-refractivity contribution in [3.63, 3.8) is 0 Å². The molecule has 1 aromatic rings. The van der Waals surface area contributed by atoms with Crippen molar-refractivity contribution in [2.24, 2.45) is 0 Å². The maximum absolute atomic E-state index is 10.5. The van der Waals surface area contributed by atoms with Crippen molar-refractivity contribution in [3.8, 4) is 0 Å². The number of rotatable bonds is 9. The molecule has 18 heavy (non-hydrogen) atoms. The summed E-state index contributed by atoms with van der Waals surface area (Å²) >= 11 is 0. The fraction of sp³-hybridized carbons (Fsp3) is 0.533. The third-order valence-electron chi connectivity index (χ3n) is 3.12. The highest BCUT2D eigenvalue weighted by Crippen LogP contribution is 2.05. The molecule has 0 amide bonds. The lowest BCUT2D eigenvalue weighted by Gasteiger charge is -2.19. The molecule has 3 heteroatoms. The molecular formula is C15H23NO2. The van der Waals surface area contributed by atoms with E-state index in [1.165, 1.54) is 5.56 Å². The van der Waals surface area contributed by atoms with Crippen LogP contribution in [0.5, 0.6) is 0 Å². The van der Waals surface area contributed by atoms with E-state index >= 15 is 0 Å². The van der Waals surface area contributed by atoms with Crippen molar-refractivity contribution >= 4 is 5.97 Å². The molecule has 3 nitrogen and oxygen atoms in total. The Morgan fingerprint density at radius 3 is 2.50 bits per heavy atom. The number of hydrogen-bond acceptors (Lipinski definition) is 2. The molecule has 0 saturated carbocycles. The summed E-state index contributed by atoms with van der Waals surface area (Å²) < 4.78 is 0. The zero-order valence-corrected chi connectivity index (χ0v) is 11.1. The van der Waals surface area contributed by atoms with E-state index in [0.29, 0.717) is 6.54 Å². The first-order chi connectivity index (χ1) is 8.72. The topological polar surface area (TPSA) is 40.5 Å². The second-order valence-electron chi connectivity index (χ2n) is 4.52. The summed E-state index contributed by atoms with van der Waals surface area (Å²) in [5, 5.41) is 8.65. The van der Waals surface area contributed by atoms with Crippen LogP contribution in [0, 0.1) is 0 Å². The number of nitrogens with zero attached hydrogens (tertiary/aromatic N) is 1. The molecule has 0 atom stereocenters. The molecule has 0 aliphatic heterocycles. The Kier molecular flexibility index (Phi) is 7.11. The number of aryl methyl sites for hydroxylation is 1. The predicted molar refractivity (Wildman–Crippen MR) is 73.7 cm³/mol. The molecule has 1 aromatic carbocycles. The zero-order chi connectivity index (χ0) is 13.2. The highest BCUT2D eigenvalue weighted by Gasteiger charge is 2.04. The van der Waals surface area contributed by atoms with Gasteiger partial charge in [0.2, 0.25) is 0 Å². The van der Waals surface area contributed by atoms with E-state index in [9.17, 15) is 4.79 Å². The monoisotopic (exact) mass is 249 g/mol. The summed E-state index contributed by atoms with van der Waals surface area (Å²) in [4.78, 5) is 12.7. The van der Waals surface area contributed by atoms with Crippen molar-refractivity contribution in [3.05, 3.63) is 35.9 Å². The van der Waals surface area contributed by atoms with Crippen LogP contribution >= 0.6 is 0 Å². The fourth-order valence-corrected chi connectivity index (χ4v) is 1.99. The number of carbonyl (C=O) groups is 1. The first kappa shape index (κ1) is 14.7. The largest absolute Gasteiger partial charge is 0.481 e. The minimum Gasteiger partial charge on any atom is -0.481 e. The molecule has 0 fully saturated rings. The Morgan fingerprint density at radius 1 is 1.17 bits per heavy atom. The molecule has 0 heterocycles. The number of carboxylic acids is 1. The van der Waals surface area contributed by atoms with Gasteiger partial charge < -0.3 is 10.0 Å². The molecule has 0 saturated heterocycles. The highest BCUT2D eigenvalue weighted by molar-refractivity contribution is 5.66. The summed E-state index contributed by atoms with van der Waals surface area (Å²) in [5.74, 6) is -0.710. The van der Waals surface area contributed by atoms with Crippen LogP contribution in [0.25, 0.3) is 0 Å². The van der Waals surface area contributed by atoms with E-state index in [0.717, 1.165) is 32.4 Å². The maximum Gasteiger partial charge on any atom is 0.304 e. The van der Waals surface area contributed by atoms with Gasteiger partial charge in [0.1, 0.15) is 0 Å². The van der Waals surface area contributed by atoms with Crippen LogP contribution in [0.15, 0.2) is 30.3 Å². The van der Waals surface area contributed by atoms with E-state index < -0.39 is 5.97 Å². The molecule has 0 bridgehead atoms. The van der Waals surface area contributed by atoms with Gasteiger partial charge in [0.15, 0.2) is 0 Å². The average molecular weight is 249 g/mol. The number of carboxylic acid groups (broad SMARTS) is 1. The Balaban J connectivity index is 2.13. The molecule has 0 aliphatic rings. The molecule has 100 valence electrons. The van der Waals surface area contributed by atoms with E-state index in [1.807, 2.05) is 6.07 Å². The highest BCUT2D eigenvalue weighted by atomic mass is 16.4. The lowest BCUT2D eigenvalue weighted by molar-refractivity contribution is -0.137. The van der Waals surface area contributed by atoms with Gasteiger partial charge in [-0.3, -0.25) is 4.79 Å². The summed E-state index contributed by atoms with van der Waals surface area (Å²) in [6.45, 7) is 4.67. The zero-order valence-electron chi connectivity index (χ0n) is 11.1. The maximum atomic E-state index is 10.5. The number of benzene rings is 1. The van der Waals surface area contributed by atoms with Crippen LogP contribution in [0.2, 0.25) is 0 Å². The van der Waals surface area contributed by atoms with Gasteiger partial charge >= 0.3 is 5.97 Å². The van der Waals surface area contributed by atoms with Gasteiger partial charge in [0.25, 0.3) is 0 Å². The quantitative estimate of drug-likeness (QED) is 0.684. The van der Waals surface area contributed by atoms with Gasteiger partial charge in [0, 0.05) is 6.54 Å². The van der Waals surface area contributed by atoms with Gasteiger partial charge in [-0.1, -0.05) is 37.3 Å². The van der Waals surface area contributed by atoms with Crippen LogP contribution in [-0.4, -0.2) is 35.6 Å². The first-order valence-corrected chi connectivity index (χ1v) is 6.70. The van der Waals surface area contributed by atoms with Crippen molar-refractivity contribution < 1.29 is 9.90 Å². The van der Waals surface area contributed by atoms with E-state index in [-0.39, 0.29) is 6.42 Å². The summed E-state index contributed by atoms with van der Waals surface area (Å²) in [6.07, 6.45) is 3.64. The van der Waals surface area contributed by atoms with Crippen LogP contribution < -0.4 is 0 Å². The van der Waals surface area contributed by atoms with Crippen molar-refractivity contribution in [2.75, 3.05) is 19.6 Å². The SMILES string of the molecule is CCN(CCCCc1ccccc1)CCC(=O)O. The van der Waals surface area contributed by atoms with Crippen LogP contribution in [0.3, 0.4) is 0 Å².